The summed E-state index contributed by atoms with van der Waals surface area (Å²) in [6, 6.07) is 17.7. The summed E-state index contributed by atoms with van der Waals surface area (Å²) in [7, 11) is 0. The Kier molecular flexibility index (Phi) is 6.57. The lowest BCUT2D eigenvalue weighted by Crippen LogP contribution is -2.42. The molecule has 4 nitrogen and oxygen atoms in total. The van der Waals surface area contributed by atoms with Crippen LogP contribution in [0.1, 0.15) is 74.1 Å². The third-order valence-corrected chi connectivity index (χ3v) is 8.93. The van der Waals surface area contributed by atoms with Gasteiger partial charge in [0.1, 0.15) is 0 Å². The van der Waals surface area contributed by atoms with Gasteiger partial charge < -0.3 is 9.84 Å². The smallest absolute Gasteiger partial charge is 0.373 e. The standard InChI is InChI=1S/C31H36O4/c1-3-35-30(34)28(32)26-19-27-25-15-13-22-18-21(11-7-10-20-8-5-4-6-9-20)12-14-23(22)24(25)16-17-31(27,2)29(26)33/h4-6,8-9,12,14,18,24-25,27,32H,3,7,10-11,13,15-17,19H2,1-2H3/b28-26-/t24?,25?,27?,31-/m0/s1. The van der Waals surface area contributed by atoms with Crippen molar-refractivity contribution in [1.29, 1.82) is 0 Å². The molecule has 184 valence electrons. The van der Waals surface area contributed by atoms with E-state index >= 15 is 0 Å². The molecule has 2 saturated carbocycles. The largest absolute Gasteiger partial charge is 0.502 e. The molecule has 5 rings (SSSR count). The highest BCUT2D eigenvalue weighted by Crippen LogP contribution is 2.61. The number of aliphatic hydroxyl groups excluding tert-OH is 1. The van der Waals surface area contributed by atoms with Gasteiger partial charge in [0, 0.05) is 11.0 Å². The van der Waals surface area contributed by atoms with Crippen LogP contribution in [-0.2, 0) is 33.6 Å². The summed E-state index contributed by atoms with van der Waals surface area (Å²) < 4.78 is 4.97. The van der Waals surface area contributed by atoms with Crippen LogP contribution in [0.25, 0.3) is 0 Å². The molecule has 0 amide bonds. The molecule has 0 heterocycles. The average Bonchev–Trinajstić information content (AvgIpc) is 3.14. The second-order valence-electron chi connectivity index (χ2n) is 10.8. The van der Waals surface area contributed by atoms with Crippen LogP contribution in [-0.4, -0.2) is 23.5 Å². The van der Waals surface area contributed by atoms with Crippen LogP contribution < -0.4 is 0 Å². The highest BCUT2D eigenvalue weighted by molar-refractivity contribution is 6.07. The lowest BCUT2D eigenvalue weighted by molar-refractivity contribution is -0.142. The topological polar surface area (TPSA) is 63.6 Å². The molecule has 0 radical (unpaired) electrons. The van der Waals surface area contributed by atoms with Crippen molar-refractivity contribution in [3.63, 3.8) is 0 Å². The number of rotatable bonds is 6. The van der Waals surface area contributed by atoms with E-state index in [2.05, 4.69) is 48.5 Å². The van der Waals surface area contributed by atoms with Crippen molar-refractivity contribution in [2.75, 3.05) is 6.61 Å². The van der Waals surface area contributed by atoms with Crippen molar-refractivity contribution in [2.45, 2.75) is 71.1 Å². The predicted molar refractivity (Wildman–Crippen MR) is 136 cm³/mol. The molecule has 4 atom stereocenters. The fourth-order valence-corrected chi connectivity index (χ4v) is 7.10. The minimum atomic E-state index is -0.775. The molecule has 2 aromatic rings. The van der Waals surface area contributed by atoms with E-state index in [-0.39, 0.29) is 23.9 Å². The van der Waals surface area contributed by atoms with E-state index in [0.717, 1.165) is 44.9 Å². The Morgan fingerprint density at radius 2 is 1.86 bits per heavy atom. The number of Topliss-reactive ketones (excluding diaryl/α,β-unsaturated/α-hetero) is 1. The number of ketones is 1. The summed E-state index contributed by atoms with van der Waals surface area (Å²) in [6.07, 6.45) is 7.70. The van der Waals surface area contributed by atoms with Crippen LogP contribution in [0.4, 0.5) is 0 Å². The molecule has 2 aromatic carbocycles. The number of carbonyl (C=O) groups excluding carboxylic acids is 2. The van der Waals surface area contributed by atoms with Crippen LogP contribution in [0.15, 0.2) is 59.9 Å². The summed E-state index contributed by atoms with van der Waals surface area (Å²) in [6.45, 7) is 3.93. The van der Waals surface area contributed by atoms with Crippen molar-refractivity contribution in [3.8, 4) is 0 Å². The molecule has 35 heavy (non-hydrogen) atoms. The molecule has 0 saturated heterocycles. The molecule has 3 aliphatic carbocycles. The molecule has 0 aromatic heterocycles. The van der Waals surface area contributed by atoms with Gasteiger partial charge in [-0.15, -0.1) is 0 Å². The maximum atomic E-state index is 13.4. The zero-order valence-electron chi connectivity index (χ0n) is 20.9. The third kappa shape index (κ3) is 4.32. The number of benzene rings is 2. The average molecular weight is 473 g/mol. The van der Waals surface area contributed by atoms with Crippen LogP contribution >= 0.6 is 0 Å². The molecule has 1 N–H and O–H groups in total. The molecule has 0 spiro atoms. The first-order chi connectivity index (χ1) is 16.9. The molecule has 0 bridgehead atoms. The number of hydrogen-bond acceptors (Lipinski definition) is 4. The number of aryl methyl sites for hydroxylation is 3. The Hall–Kier alpha value is -2.88. The first-order valence-corrected chi connectivity index (χ1v) is 13.2. The van der Waals surface area contributed by atoms with Crippen molar-refractivity contribution in [1.82, 2.24) is 0 Å². The minimum absolute atomic E-state index is 0.0499. The Balaban J connectivity index is 1.32. The highest BCUT2D eigenvalue weighted by atomic mass is 16.5. The number of allylic oxidation sites excluding steroid dienone is 1. The molecular weight excluding hydrogens is 436 g/mol. The van der Waals surface area contributed by atoms with Gasteiger partial charge in [0.15, 0.2) is 5.78 Å². The summed E-state index contributed by atoms with van der Waals surface area (Å²) in [5.41, 5.74) is 5.53. The van der Waals surface area contributed by atoms with Crippen molar-refractivity contribution >= 4 is 11.8 Å². The predicted octanol–water partition coefficient (Wildman–Crippen LogP) is 6.27. The van der Waals surface area contributed by atoms with Gasteiger partial charge in [-0.1, -0.05) is 55.5 Å². The van der Waals surface area contributed by atoms with Crippen molar-refractivity contribution < 1.29 is 19.4 Å². The second-order valence-corrected chi connectivity index (χ2v) is 10.8. The monoisotopic (exact) mass is 472 g/mol. The van der Waals surface area contributed by atoms with Crippen LogP contribution in [0.5, 0.6) is 0 Å². The van der Waals surface area contributed by atoms with Gasteiger partial charge in [0.05, 0.1) is 6.61 Å². The van der Waals surface area contributed by atoms with Gasteiger partial charge >= 0.3 is 5.97 Å². The summed E-state index contributed by atoms with van der Waals surface area (Å²) in [5, 5.41) is 10.5. The fourth-order valence-electron chi connectivity index (χ4n) is 7.10. The third-order valence-electron chi connectivity index (χ3n) is 8.93. The van der Waals surface area contributed by atoms with Crippen LogP contribution in [0.3, 0.4) is 0 Å². The number of fused-ring (bicyclic) bond motifs is 5. The fraction of sp³-hybridized carbons (Fsp3) is 0.484. The van der Waals surface area contributed by atoms with Gasteiger partial charge in [0.2, 0.25) is 5.76 Å². The molecule has 4 heteroatoms. The first kappa shape index (κ1) is 23.8. The maximum Gasteiger partial charge on any atom is 0.373 e. The maximum absolute atomic E-state index is 13.4. The van der Waals surface area contributed by atoms with Crippen molar-refractivity contribution in [2.24, 2.45) is 17.3 Å². The molecule has 3 unspecified atom stereocenters. The Morgan fingerprint density at radius 3 is 2.63 bits per heavy atom. The minimum Gasteiger partial charge on any atom is -0.502 e. The van der Waals surface area contributed by atoms with E-state index in [0.29, 0.717) is 18.3 Å². The number of hydrogen-bond donors (Lipinski definition) is 1. The molecule has 0 aliphatic heterocycles. The van der Waals surface area contributed by atoms with Crippen LogP contribution in [0, 0.1) is 17.3 Å². The van der Waals surface area contributed by atoms with Gasteiger partial charge in [-0.25, -0.2) is 4.79 Å². The summed E-state index contributed by atoms with van der Waals surface area (Å²) in [5.74, 6) is -0.275. The highest BCUT2D eigenvalue weighted by Gasteiger charge is 2.57. The van der Waals surface area contributed by atoms with E-state index in [9.17, 15) is 14.7 Å². The van der Waals surface area contributed by atoms with Crippen molar-refractivity contribution in [3.05, 3.63) is 82.1 Å². The van der Waals surface area contributed by atoms with Crippen LogP contribution in [0.2, 0.25) is 0 Å². The molecule has 3 aliphatic rings. The number of carbonyl (C=O) groups is 2. The zero-order valence-corrected chi connectivity index (χ0v) is 20.9. The Labute approximate surface area is 208 Å². The number of ether oxygens (including phenoxy) is 1. The van der Waals surface area contributed by atoms with E-state index in [1.165, 1.54) is 22.3 Å². The number of esters is 1. The van der Waals surface area contributed by atoms with Gasteiger partial charge in [-0.2, -0.15) is 0 Å². The SMILES string of the molecule is CCOC(=O)/C(O)=C1\CC2C3CCc4cc(CCCc5ccccc5)ccc4C3CC[C@]2(C)C1=O. The normalized spacial score (nSPS) is 28.6. The van der Waals surface area contributed by atoms with E-state index in [1.54, 1.807) is 6.92 Å². The lowest BCUT2D eigenvalue weighted by Gasteiger charge is -2.48. The molecule has 2 fully saturated rings. The first-order valence-electron chi connectivity index (χ1n) is 13.2. The zero-order chi connectivity index (χ0) is 24.6. The second kappa shape index (κ2) is 9.64. The Bertz CT molecular complexity index is 1150. The summed E-state index contributed by atoms with van der Waals surface area (Å²) >= 11 is 0. The van der Waals surface area contributed by atoms with Gasteiger partial charge in [-0.05, 0) is 98.3 Å². The van der Waals surface area contributed by atoms with Gasteiger partial charge in [0.25, 0.3) is 0 Å². The number of aliphatic hydroxyl groups is 1. The summed E-state index contributed by atoms with van der Waals surface area (Å²) in [4.78, 5) is 25.5. The quantitative estimate of drug-likeness (QED) is 0.306. The Morgan fingerprint density at radius 1 is 1.09 bits per heavy atom. The van der Waals surface area contributed by atoms with E-state index in [4.69, 9.17) is 4.74 Å². The lowest BCUT2D eigenvalue weighted by atomic mass is 9.55. The molecular formula is C31H36O4. The van der Waals surface area contributed by atoms with Gasteiger partial charge in [-0.3, -0.25) is 4.79 Å². The van der Waals surface area contributed by atoms with E-state index < -0.39 is 17.1 Å². The van der Waals surface area contributed by atoms with E-state index in [1.807, 2.05) is 6.92 Å².